The molecule has 0 bridgehead atoms. The highest BCUT2D eigenvalue weighted by Gasteiger charge is 2.03. The Balaban J connectivity index is 1.54. The molecule has 1 heterocycles. The predicted octanol–water partition coefficient (Wildman–Crippen LogP) is 5.34. The maximum absolute atomic E-state index is 4.53. The molecule has 0 unspecified atom stereocenters. The fraction of sp³-hybridized carbons (Fsp3) is 0.200. The van der Waals surface area contributed by atoms with Crippen molar-refractivity contribution in [2.75, 3.05) is 17.2 Å². The number of aryl methyl sites for hydroxylation is 2. The van der Waals surface area contributed by atoms with Crippen molar-refractivity contribution in [2.45, 2.75) is 19.8 Å². The first-order valence-electron chi connectivity index (χ1n) is 8.35. The van der Waals surface area contributed by atoms with Crippen LogP contribution in [0.1, 0.15) is 17.5 Å². The van der Waals surface area contributed by atoms with E-state index in [0.717, 1.165) is 40.9 Å². The molecule has 25 heavy (non-hydrogen) atoms. The zero-order valence-corrected chi connectivity index (χ0v) is 15.8. The van der Waals surface area contributed by atoms with E-state index in [9.17, 15) is 0 Å². The van der Waals surface area contributed by atoms with Crippen LogP contribution in [-0.2, 0) is 6.42 Å². The van der Waals surface area contributed by atoms with E-state index in [0.29, 0.717) is 5.95 Å². The van der Waals surface area contributed by atoms with Crippen molar-refractivity contribution in [1.82, 2.24) is 9.97 Å². The van der Waals surface area contributed by atoms with Crippen molar-refractivity contribution in [3.8, 4) is 0 Å². The predicted molar refractivity (Wildman–Crippen MR) is 107 cm³/mol. The molecule has 0 atom stereocenters. The van der Waals surface area contributed by atoms with Gasteiger partial charge < -0.3 is 10.6 Å². The van der Waals surface area contributed by atoms with Crippen molar-refractivity contribution in [3.05, 3.63) is 76.4 Å². The molecular formula is C20H21BrN4. The lowest BCUT2D eigenvalue weighted by Crippen LogP contribution is -2.07. The molecular weight excluding hydrogens is 376 g/mol. The minimum atomic E-state index is 0.646. The average molecular weight is 397 g/mol. The van der Waals surface area contributed by atoms with E-state index >= 15 is 0 Å². The summed E-state index contributed by atoms with van der Waals surface area (Å²) in [6.07, 6.45) is 3.85. The van der Waals surface area contributed by atoms with Gasteiger partial charge in [-0.25, -0.2) is 4.98 Å². The molecule has 0 saturated carbocycles. The molecule has 128 valence electrons. The number of halogens is 1. The molecule has 0 spiro atoms. The second-order valence-corrected chi connectivity index (χ2v) is 6.78. The van der Waals surface area contributed by atoms with Gasteiger partial charge in [0.05, 0.1) is 0 Å². The van der Waals surface area contributed by atoms with E-state index in [-0.39, 0.29) is 0 Å². The fourth-order valence-electron chi connectivity index (χ4n) is 2.56. The molecule has 2 N–H and O–H groups in total. The van der Waals surface area contributed by atoms with Crippen LogP contribution < -0.4 is 10.6 Å². The van der Waals surface area contributed by atoms with Crippen LogP contribution in [0.25, 0.3) is 0 Å². The SMILES string of the molecule is Cc1cc(Br)ccc1Nc1ccnc(NCCCc2ccccc2)n1. The first-order valence-corrected chi connectivity index (χ1v) is 9.14. The summed E-state index contributed by atoms with van der Waals surface area (Å²) in [5, 5.41) is 6.64. The summed E-state index contributed by atoms with van der Waals surface area (Å²) in [5.74, 6) is 1.43. The Hall–Kier alpha value is -2.40. The lowest BCUT2D eigenvalue weighted by molar-refractivity contribution is 0.853. The molecule has 0 radical (unpaired) electrons. The van der Waals surface area contributed by atoms with Gasteiger partial charge in [0.15, 0.2) is 0 Å². The lowest BCUT2D eigenvalue weighted by atomic mass is 10.1. The van der Waals surface area contributed by atoms with Crippen LogP contribution in [0, 0.1) is 6.92 Å². The number of rotatable bonds is 7. The van der Waals surface area contributed by atoms with Crippen LogP contribution in [-0.4, -0.2) is 16.5 Å². The summed E-state index contributed by atoms with van der Waals surface area (Å²) in [5.41, 5.74) is 3.55. The molecule has 3 aromatic rings. The second kappa shape index (κ2) is 8.62. The zero-order chi connectivity index (χ0) is 17.5. The molecule has 0 aliphatic heterocycles. The Bertz CT molecular complexity index is 821. The van der Waals surface area contributed by atoms with E-state index in [1.807, 2.05) is 24.3 Å². The zero-order valence-electron chi connectivity index (χ0n) is 14.2. The third-order valence-corrected chi connectivity index (χ3v) is 4.37. The van der Waals surface area contributed by atoms with Crippen molar-refractivity contribution in [3.63, 3.8) is 0 Å². The Kier molecular flexibility index (Phi) is 6.01. The van der Waals surface area contributed by atoms with E-state index < -0.39 is 0 Å². The molecule has 5 heteroatoms. The third-order valence-electron chi connectivity index (χ3n) is 3.87. The van der Waals surface area contributed by atoms with Gasteiger partial charge in [-0.2, -0.15) is 4.98 Å². The normalized spacial score (nSPS) is 10.5. The smallest absolute Gasteiger partial charge is 0.224 e. The minimum absolute atomic E-state index is 0.646. The van der Waals surface area contributed by atoms with Gasteiger partial charge in [-0.1, -0.05) is 46.3 Å². The van der Waals surface area contributed by atoms with Gasteiger partial charge in [0, 0.05) is 22.9 Å². The highest BCUT2D eigenvalue weighted by atomic mass is 79.9. The van der Waals surface area contributed by atoms with Gasteiger partial charge >= 0.3 is 0 Å². The van der Waals surface area contributed by atoms with Crippen LogP contribution in [0.15, 0.2) is 65.3 Å². The molecule has 0 amide bonds. The standard InChI is InChI=1S/C20H21BrN4/c1-15-14-17(21)9-10-18(15)24-19-11-13-23-20(25-19)22-12-5-8-16-6-3-2-4-7-16/h2-4,6-7,9-11,13-14H,5,8,12H2,1H3,(H2,22,23,24,25). The first kappa shape index (κ1) is 17.4. The second-order valence-electron chi connectivity index (χ2n) is 5.87. The topological polar surface area (TPSA) is 49.8 Å². The van der Waals surface area contributed by atoms with Gasteiger partial charge in [-0.15, -0.1) is 0 Å². The highest BCUT2D eigenvalue weighted by Crippen LogP contribution is 2.23. The van der Waals surface area contributed by atoms with Crippen molar-refractivity contribution in [1.29, 1.82) is 0 Å². The monoisotopic (exact) mass is 396 g/mol. The van der Waals surface area contributed by atoms with E-state index in [4.69, 9.17) is 0 Å². The number of anilines is 3. The highest BCUT2D eigenvalue weighted by molar-refractivity contribution is 9.10. The summed E-state index contributed by atoms with van der Waals surface area (Å²) in [6.45, 7) is 2.91. The fourth-order valence-corrected chi connectivity index (χ4v) is 3.03. The van der Waals surface area contributed by atoms with Gasteiger partial charge in [0.1, 0.15) is 5.82 Å². The van der Waals surface area contributed by atoms with Crippen molar-refractivity contribution in [2.24, 2.45) is 0 Å². The number of hydrogen-bond acceptors (Lipinski definition) is 4. The Morgan fingerprint density at radius 2 is 1.88 bits per heavy atom. The van der Waals surface area contributed by atoms with Gasteiger partial charge in [0.2, 0.25) is 5.95 Å². The Labute approximate surface area is 156 Å². The number of hydrogen-bond donors (Lipinski definition) is 2. The van der Waals surface area contributed by atoms with Crippen LogP contribution >= 0.6 is 15.9 Å². The Morgan fingerprint density at radius 1 is 1.04 bits per heavy atom. The summed E-state index contributed by atoms with van der Waals surface area (Å²) in [6, 6.07) is 18.5. The maximum Gasteiger partial charge on any atom is 0.224 e. The molecule has 4 nitrogen and oxygen atoms in total. The molecule has 0 fully saturated rings. The number of nitrogens with one attached hydrogen (secondary N) is 2. The molecule has 2 aromatic carbocycles. The van der Waals surface area contributed by atoms with E-state index in [1.54, 1.807) is 6.20 Å². The van der Waals surface area contributed by atoms with Crippen molar-refractivity contribution >= 4 is 33.4 Å². The van der Waals surface area contributed by atoms with E-state index in [2.05, 4.69) is 73.8 Å². The summed E-state index contributed by atoms with van der Waals surface area (Å²) < 4.78 is 1.07. The third kappa shape index (κ3) is 5.29. The number of aromatic nitrogens is 2. The Morgan fingerprint density at radius 3 is 2.68 bits per heavy atom. The quantitative estimate of drug-likeness (QED) is 0.529. The number of benzene rings is 2. The number of nitrogens with zero attached hydrogens (tertiary/aromatic N) is 2. The molecule has 0 aliphatic rings. The van der Waals surface area contributed by atoms with Gasteiger partial charge in [-0.05, 0) is 55.2 Å². The average Bonchev–Trinajstić information content (AvgIpc) is 2.62. The first-order chi connectivity index (χ1) is 12.2. The van der Waals surface area contributed by atoms with Gasteiger partial charge in [-0.3, -0.25) is 0 Å². The molecule has 0 saturated heterocycles. The molecule has 1 aromatic heterocycles. The maximum atomic E-state index is 4.53. The van der Waals surface area contributed by atoms with Crippen LogP contribution in [0.2, 0.25) is 0 Å². The van der Waals surface area contributed by atoms with Crippen LogP contribution in [0.4, 0.5) is 17.5 Å². The summed E-state index contributed by atoms with van der Waals surface area (Å²) in [4.78, 5) is 8.82. The largest absolute Gasteiger partial charge is 0.354 e. The van der Waals surface area contributed by atoms with E-state index in [1.165, 1.54) is 5.56 Å². The van der Waals surface area contributed by atoms with Crippen molar-refractivity contribution < 1.29 is 0 Å². The summed E-state index contributed by atoms with van der Waals surface area (Å²) >= 11 is 3.48. The molecule has 0 aliphatic carbocycles. The summed E-state index contributed by atoms with van der Waals surface area (Å²) in [7, 11) is 0. The molecule has 3 rings (SSSR count). The van der Waals surface area contributed by atoms with Crippen LogP contribution in [0.5, 0.6) is 0 Å². The van der Waals surface area contributed by atoms with Crippen LogP contribution in [0.3, 0.4) is 0 Å². The van der Waals surface area contributed by atoms with Gasteiger partial charge in [0.25, 0.3) is 0 Å². The lowest BCUT2D eigenvalue weighted by Gasteiger charge is -2.10. The minimum Gasteiger partial charge on any atom is -0.354 e.